The summed E-state index contributed by atoms with van der Waals surface area (Å²) in [4.78, 5) is 14.8. The molecule has 0 radical (unpaired) electrons. The molecule has 3 rings (SSSR count). The predicted octanol–water partition coefficient (Wildman–Crippen LogP) is 6.14. The summed E-state index contributed by atoms with van der Waals surface area (Å²) in [5.41, 5.74) is 2.89. The van der Waals surface area contributed by atoms with Gasteiger partial charge in [-0.3, -0.25) is 0 Å². The number of amides is 2. The molecule has 26 heavy (non-hydrogen) atoms. The molecule has 0 saturated heterocycles. The lowest BCUT2D eigenvalue weighted by Gasteiger charge is -2.30. The van der Waals surface area contributed by atoms with Crippen LogP contribution in [0.4, 0.5) is 10.5 Å². The Morgan fingerprint density at radius 2 is 1.50 bits per heavy atom. The molecule has 0 aliphatic carbocycles. The highest BCUT2D eigenvalue weighted by atomic mass is 35.5. The summed E-state index contributed by atoms with van der Waals surface area (Å²) in [6.07, 6.45) is 0. The molecule has 0 unspecified atom stereocenters. The maximum atomic E-state index is 13.0. The second-order valence-electron chi connectivity index (χ2n) is 6.14. The van der Waals surface area contributed by atoms with Crippen LogP contribution < -0.4 is 5.32 Å². The zero-order chi connectivity index (χ0) is 18.4. The van der Waals surface area contributed by atoms with Gasteiger partial charge in [-0.1, -0.05) is 72.3 Å². The fourth-order valence-corrected chi connectivity index (χ4v) is 2.93. The Labute approximate surface area is 159 Å². The van der Waals surface area contributed by atoms with E-state index in [1.54, 1.807) is 0 Å². The van der Waals surface area contributed by atoms with Crippen LogP contribution in [-0.4, -0.2) is 10.9 Å². The summed E-state index contributed by atoms with van der Waals surface area (Å²) in [7, 11) is 0. The minimum absolute atomic E-state index is 0.0735. The summed E-state index contributed by atoms with van der Waals surface area (Å²) < 4.78 is 0. The number of benzene rings is 3. The highest BCUT2D eigenvalue weighted by molar-refractivity contribution is 6.30. The van der Waals surface area contributed by atoms with Gasteiger partial charge >= 0.3 is 6.03 Å². The largest absolute Gasteiger partial charge is 0.322 e. The Balaban J connectivity index is 1.85. The molecule has 0 aliphatic rings. The normalized spacial score (nSPS) is 11.6. The summed E-state index contributed by atoms with van der Waals surface area (Å²) in [5, 5.41) is 3.67. The second-order valence-corrected chi connectivity index (χ2v) is 6.57. The van der Waals surface area contributed by atoms with Crippen molar-refractivity contribution in [2.24, 2.45) is 0 Å². The number of nitrogens with one attached hydrogen (secondary N) is 1. The second kappa shape index (κ2) is 8.54. The maximum absolute atomic E-state index is 13.0. The van der Waals surface area contributed by atoms with Gasteiger partial charge < -0.3 is 10.2 Å². The Morgan fingerprint density at radius 1 is 0.923 bits per heavy atom. The van der Waals surface area contributed by atoms with Gasteiger partial charge in [0.1, 0.15) is 0 Å². The van der Waals surface area contributed by atoms with E-state index in [0.29, 0.717) is 11.6 Å². The van der Waals surface area contributed by atoms with Crippen molar-refractivity contribution in [2.45, 2.75) is 19.5 Å². The molecule has 3 nitrogen and oxygen atoms in total. The van der Waals surface area contributed by atoms with Gasteiger partial charge in [0.15, 0.2) is 0 Å². The Bertz CT molecular complexity index is 835. The van der Waals surface area contributed by atoms with E-state index in [9.17, 15) is 4.79 Å². The van der Waals surface area contributed by atoms with Crippen molar-refractivity contribution in [2.75, 3.05) is 5.32 Å². The van der Waals surface area contributed by atoms with Crippen molar-refractivity contribution in [1.29, 1.82) is 0 Å². The molecule has 0 aromatic heterocycles. The van der Waals surface area contributed by atoms with E-state index in [0.717, 1.165) is 16.8 Å². The third-order valence-corrected chi connectivity index (χ3v) is 4.55. The standard InChI is InChI=1S/C22H21ClN2O/c1-17(19-8-4-2-5-9-19)25(16-18-12-14-20(23)15-13-18)22(26)24-21-10-6-3-7-11-21/h2-15,17H,16H2,1H3,(H,24,26)/t17-/m1/s1. The first kappa shape index (κ1) is 18.0. The Kier molecular flexibility index (Phi) is 5.92. The molecule has 3 aromatic rings. The molecule has 0 fully saturated rings. The Morgan fingerprint density at radius 3 is 2.12 bits per heavy atom. The lowest BCUT2D eigenvalue weighted by atomic mass is 10.1. The molecule has 2 amide bonds. The first-order chi connectivity index (χ1) is 12.6. The summed E-state index contributed by atoms with van der Waals surface area (Å²) in [5.74, 6) is 0. The fourth-order valence-electron chi connectivity index (χ4n) is 2.80. The summed E-state index contributed by atoms with van der Waals surface area (Å²) in [6, 6.07) is 26.9. The van der Waals surface area contributed by atoms with Crippen LogP contribution in [-0.2, 0) is 6.54 Å². The van der Waals surface area contributed by atoms with Gasteiger partial charge in [-0.2, -0.15) is 0 Å². The van der Waals surface area contributed by atoms with Gasteiger partial charge in [-0.15, -0.1) is 0 Å². The summed E-state index contributed by atoms with van der Waals surface area (Å²) in [6.45, 7) is 2.53. The zero-order valence-electron chi connectivity index (χ0n) is 14.6. The van der Waals surface area contributed by atoms with Crippen molar-refractivity contribution in [1.82, 2.24) is 4.90 Å². The molecule has 0 heterocycles. The van der Waals surface area contributed by atoms with E-state index in [1.807, 2.05) is 96.8 Å². The van der Waals surface area contributed by atoms with Crippen molar-refractivity contribution in [3.63, 3.8) is 0 Å². The van der Waals surface area contributed by atoms with Crippen LogP contribution in [0.25, 0.3) is 0 Å². The Hall–Kier alpha value is -2.78. The van der Waals surface area contributed by atoms with E-state index in [2.05, 4.69) is 5.32 Å². The number of hydrogen-bond acceptors (Lipinski definition) is 1. The number of rotatable bonds is 5. The minimum Gasteiger partial charge on any atom is -0.313 e. The topological polar surface area (TPSA) is 32.3 Å². The molecule has 4 heteroatoms. The quantitative estimate of drug-likeness (QED) is 0.579. The van der Waals surface area contributed by atoms with Crippen LogP contribution in [0.2, 0.25) is 5.02 Å². The van der Waals surface area contributed by atoms with Gasteiger partial charge in [0.2, 0.25) is 0 Å². The molecule has 0 bridgehead atoms. The molecule has 3 aromatic carbocycles. The number of nitrogens with zero attached hydrogens (tertiary/aromatic N) is 1. The average Bonchev–Trinajstić information content (AvgIpc) is 2.68. The number of carbonyl (C=O) groups is 1. The number of anilines is 1. The average molecular weight is 365 g/mol. The van der Waals surface area contributed by atoms with Gasteiger partial charge in [0.25, 0.3) is 0 Å². The number of hydrogen-bond donors (Lipinski definition) is 1. The van der Waals surface area contributed by atoms with E-state index >= 15 is 0 Å². The van der Waals surface area contributed by atoms with E-state index < -0.39 is 0 Å². The molecular weight excluding hydrogens is 344 g/mol. The van der Waals surface area contributed by atoms with Gasteiger partial charge in [0.05, 0.1) is 6.04 Å². The highest BCUT2D eigenvalue weighted by Gasteiger charge is 2.22. The van der Waals surface area contributed by atoms with Gasteiger partial charge in [-0.05, 0) is 42.3 Å². The highest BCUT2D eigenvalue weighted by Crippen LogP contribution is 2.24. The lowest BCUT2D eigenvalue weighted by Crippen LogP contribution is -2.36. The third kappa shape index (κ3) is 4.64. The van der Waals surface area contributed by atoms with E-state index in [4.69, 9.17) is 11.6 Å². The minimum atomic E-state index is -0.137. The molecule has 1 N–H and O–H groups in total. The van der Waals surface area contributed by atoms with Gasteiger partial charge in [0, 0.05) is 17.3 Å². The fraction of sp³-hybridized carbons (Fsp3) is 0.136. The SMILES string of the molecule is C[C@H](c1ccccc1)N(Cc1ccc(Cl)cc1)C(=O)Nc1ccccc1. The molecule has 0 aliphatic heterocycles. The molecule has 1 atom stereocenters. The molecule has 0 saturated carbocycles. The number of carbonyl (C=O) groups excluding carboxylic acids is 1. The lowest BCUT2D eigenvalue weighted by molar-refractivity contribution is 0.189. The number of para-hydroxylation sites is 1. The number of halogens is 1. The van der Waals surface area contributed by atoms with Crippen LogP contribution in [0, 0.1) is 0 Å². The number of urea groups is 1. The summed E-state index contributed by atoms with van der Waals surface area (Å²) >= 11 is 5.98. The van der Waals surface area contributed by atoms with Crippen LogP contribution in [0.1, 0.15) is 24.1 Å². The molecule has 132 valence electrons. The molecular formula is C22H21ClN2O. The van der Waals surface area contributed by atoms with Gasteiger partial charge in [-0.25, -0.2) is 4.79 Å². The zero-order valence-corrected chi connectivity index (χ0v) is 15.4. The van der Waals surface area contributed by atoms with Crippen LogP contribution >= 0.6 is 11.6 Å². The van der Waals surface area contributed by atoms with Crippen molar-refractivity contribution in [3.05, 3.63) is 101 Å². The smallest absolute Gasteiger partial charge is 0.313 e. The van der Waals surface area contributed by atoms with Crippen molar-refractivity contribution in [3.8, 4) is 0 Å². The van der Waals surface area contributed by atoms with Crippen LogP contribution in [0.5, 0.6) is 0 Å². The monoisotopic (exact) mass is 364 g/mol. The van der Waals surface area contributed by atoms with E-state index in [1.165, 1.54) is 0 Å². The third-order valence-electron chi connectivity index (χ3n) is 4.30. The maximum Gasteiger partial charge on any atom is 0.322 e. The first-order valence-corrected chi connectivity index (χ1v) is 8.93. The first-order valence-electron chi connectivity index (χ1n) is 8.55. The van der Waals surface area contributed by atoms with Crippen molar-refractivity contribution < 1.29 is 4.79 Å². The van der Waals surface area contributed by atoms with E-state index in [-0.39, 0.29) is 12.1 Å². The van der Waals surface area contributed by atoms with Crippen LogP contribution in [0.15, 0.2) is 84.9 Å². The van der Waals surface area contributed by atoms with Crippen molar-refractivity contribution >= 4 is 23.3 Å². The predicted molar refractivity (Wildman–Crippen MR) is 107 cm³/mol. The van der Waals surface area contributed by atoms with Crippen LogP contribution in [0.3, 0.4) is 0 Å². The molecule has 0 spiro atoms.